The smallest absolute Gasteiger partial charge is 0.240 e. The molecule has 8 heteroatoms. The Bertz CT molecular complexity index is 1110. The molecule has 0 radical (unpaired) electrons. The highest BCUT2D eigenvalue weighted by Gasteiger charge is 2.20. The fraction of sp³-hybridized carbons (Fsp3) is 0.261. The molecule has 0 bridgehead atoms. The standard InChI is InChI=1S/C23H25FN2O4S/c1-2-22(21(27)12-5-16-4-3-13-26-15-16)30-19-9-6-17(7-10-19)18-8-11-20(24)23(14-18)31(25,28)29/h3-4,6-11,13-15,21-22,27H,2,5,12H2,1H3,(H2,25,28,29). The monoisotopic (exact) mass is 444 g/mol. The average Bonchev–Trinajstić information content (AvgIpc) is 2.76. The van der Waals surface area contributed by atoms with Crippen molar-refractivity contribution in [3.63, 3.8) is 0 Å². The van der Waals surface area contributed by atoms with Gasteiger partial charge in [-0.15, -0.1) is 0 Å². The van der Waals surface area contributed by atoms with E-state index in [1.807, 2.05) is 19.1 Å². The lowest BCUT2D eigenvalue weighted by molar-refractivity contribution is 0.0291. The van der Waals surface area contributed by atoms with Gasteiger partial charge in [-0.2, -0.15) is 0 Å². The molecule has 0 aliphatic carbocycles. The lowest BCUT2D eigenvalue weighted by atomic mass is 10.0. The van der Waals surface area contributed by atoms with Crippen LogP contribution >= 0.6 is 0 Å². The van der Waals surface area contributed by atoms with E-state index >= 15 is 0 Å². The molecular weight excluding hydrogens is 419 g/mol. The number of primary sulfonamides is 1. The Labute approximate surface area is 181 Å². The van der Waals surface area contributed by atoms with Crippen LogP contribution in [-0.4, -0.2) is 30.7 Å². The van der Waals surface area contributed by atoms with E-state index in [0.717, 1.165) is 11.6 Å². The first kappa shape index (κ1) is 22.9. The SMILES string of the molecule is CCC(Oc1ccc(-c2ccc(F)c(S(N)(=O)=O)c2)cc1)C(O)CCc1cccnc1. The summed E-state index contributed by atoms with van der Waals surface area (Å²) in [4.78, 5) is 3.53. The molecule has 1 heterocycles. The third-order valence-corrected chi connectivity index (χ3v) is 5.92. The molecule has 0 fully saturated rings. The summed E-state index contributed by atoms with van der Waals surface area (Å²) in [6.07, 6.45) is 4.36. The molecule has 2 aromatic carbocycles. The van der Waals surface area contributed by atoms with Gasteiger partial charge in [0, 0.05) is 12.4 Å². The van der Waals surface area contributed by atoms with Gasteiger partial charge in [-0.3, -0.25) is 4.98 Å². The zero-order valence-corrected chi connectivity index (χ0v) is 17.9. The zero-order valence-electron chi connectivity index (χ0n) is 17.1. The van der Waals surface area contributed by atoms with E-state index in [9.17, 15) is 17.9 Å². The van der Waals surface area contributed by atoms with Gasteiger partial charge in [-0.05, 0) is 66.3 Å². The number of aromatic nitrogens is 1. The van der Waals surface area contributed by atoms with Gasteiger partial charge < -0.3 is 9.84 Å². The molecule has 0 amide bonds. The summed E-state index contributed by atoms with van der Waals surface area (Å²) >= 11 is 0. The molecule has 0 saturated heterocycles. The number of nitrogens with two attached hydrogens (primary N) is 1. The maximum atomic E-state index is 13.8. The molecule has 0 aliphatic rings. The van der Waals surface area contributed by atoms with Crippen molar-refractivity contribution in [1.82, 2.24) is 4.98 Å². The Hall–Kier alpha value is -2.81. The van der Waals surface area contributed by atoms with E-state index in [2.05, 4.69) is 4.98 Å². The minimum absolute atomic E-state index is 0.373. The molecule has 164 valence electrons. The predicted molar refractivity (Wildman–Crippen MR) is 116 cm³/mol. The van der Waals surface area contributed by atoms with Crippen LogP contribution in [0.25, 0.3) is 11.1 Å². The van der Waals surface area contributed by atoms with E-state index in [1.165, 1.54) is 12.1 Å². The number of aliphatic hydroxyl groups excluding tert-OH is 1. The Kier molecular flexibility index (Phi) is 7.37. The summed E-state index contributed by atoms with van der Waals surface area (Å²) in [6.45, 7) is 1.94. The van der Waals surface area contributed by atoms with Crippen LogP contribution in [0.4, 0.5) is 4.39 Å². The molecule has 31 heavy (non-hydrogen) atoms. The number of ether oxygens (including phenoxy) is 1. The number of hydrogen-bond acceptors (Lipinski definition) is 5. The normalized spacial score (nSPS) is 13.5. The van der Waals surface area contributed by atoms with Gasteiger partial charge in [0.1, 0.15) is 22.6 Å². The molecule has 1 aromatic heterocycles. The van der Waals surface area contributed by atoms with Gasteiger partial charge >= 0.3 is 0 Å². The largest absolute Gasteiger partial charge is 0.488 e. The highest BCUT2D eigenvalue weighted by molar-refractivity contribution is 7.89. The second-order valence-corrected chi connectivity index (χ2v) is 8.78. The third-order valence-electron chi connectivity index (χ3n) is 5.00. The minimum Gasteiger partial charge on any atom is -0.488 e. The highest BCUT2D eigenvalue weighted by atomic mass is 32.2. The lowest BCUT2D eigenvalue weighted by Crippen LogP contribution is -2.31. The second-order valence-electron chi connectivity index (χ2n) is 7.25. The maximum Gasteiger partial charge on any atom is 0.240 e. The van der Waals surface area contributed by atoms with Crippen LogP contribution in [0.1, 0.15) is 25.3 Å². The number of pyridine rings is 1. The van der Waals surface area contributed by atoms with Crippen LogP contribution < -0.4 is 9.88 Å². The summed E-state index contributed by atoms with van der Waals surface area (Å²) in [7, 11) is -4.16. The number of rotatable bonds is 9. The van der Waals surface area contributed by atoms with E-state index in [0.29, 0.717) is 36.1 Å². The molecular formula is C23H25FN2O4S. The quantitative estimate of drug-likeness (QED) is 0.524. The van der Waals surface area contributed by atoms with E-state index in [4.69, 9.17) is 9.88 Å². The molecule has 3 aromatic rings. The number of benzene rings is 2. The summed E-state index contributed by atoms with van der Waals surface area (Å²) in [5.41, 5.74) is 2.25. The predicted octanol–water partition coefficient (Wildman–Crippen LogP) is 3.69. The number of hydrogen-bond donors (Lipinski definition) is 2. The van der Waals surface area contributed by atoms with Crippen molar-refractivity contribution < 1.29 is 22.7 Å². The Morgan fingerprint density at radius 2 is 1.84 bits per heavy atom. The van der Waals surface area contributed by atoms with E-state index < -0.39 is 26.8 Å². The zero-order chi connectivity index (χ0) is 22.4. The highest BCUT2D eigenvalue weighted by Crippen LogP contribution is 2.27. The Morgan fingerprint density at radius 1 is 1.13 bits per heavy atom. The first-order valence-electron chi connectivity index (χ1n) is 9.94. The molecule has 0 saturated carbocycles. The molecule has 6 nitrogen and oxygen atoms in total. The fourth-order valence-electron chi connectivity index (χ4n) is 3.28. The molecule has 0 spiro atoms. The topological polar surface area (TPSA) is 103 Å². The minimum atomic E-state index is -4.16. The van der Waals surface area contributed by atoms with Crippen LogP contribution in [-0.2, 0) is 16.4 Å². The Balaban J connectivity index is 1.68. The lowest BCUT2D eigenvalue weighted by Gasteiger charge is -2.23. The van der Waals surface area contributed by atoms with Crippen molar-refractivity contribution >= 4 is 10.0 Å². The second kappa shape index (κ2) is 10.00. The number of sulfonamides is 1. The Morgan fingerprint density at radius 3 is 2.45 bits per heavy atom. The molecule has 2 atom stereocenters. The van der Waals surface area contributed by atoms with Crippen molar-refractivity contribution in [1.29, 1.82) is 0 Å². The fourth-order valence-corrected chi connectivity index (χ4v) is 3.91. The van der Waals surface area contributed by atoms with Crippen LogP contribution in [0.5, 0.6) is 5.75 Å². The summed E-state index contributed by atoms with van der Waals surface area (Å²) in [5, 5.41) is 15.6. The maximum absolute atomic E-state index is 13.8. The first-order chi connectivity index (χ1) is 14.8. The molecule has 0 aliphatic heterocycles. The van der Waals surface area contributed by atoms with Gasteiger partial charge in [0.15, 0.2) is 0 Å². The van der Waals surface area contributed by atoms with Crippen LogP contribution in [0, 0.1) is 5.82 Å². The van der Waals surface area contributed by atoms with Gasteiger partial charge in [-0.25, -0.2) is 17.9 Å². The van der Waals surface area contributed by atoms with Crippen molar-refractivity contribution in [3.8, 4) is 16.9 Å². The van der Waals surface area contributed by atoms with Crippen LogP contribution in [0.2, 0.25) is 0 Å². The summed E-state index contributed by atoms with van der Waals surface area (Å²) in [6, 6.07) is 14.5. The van der Waals surface area contributed by atoms with E-state index in [-0.39, 0.29) is 6.10 Å². The van der Waals surface area contributed by atoms with Crippen molar-refractivity contribution in [2.24, 2.45) is 5.14 Å². The number of halogens is 1. The van der Waals surface area contributed by atoms with Crippen LogP contribution in [0.15, 0.2) is 71.9 Å². The number of aliphatic hydroxyl groups is 1. The van der Waals surface area contributed by atoms with E-state index in [1.54, 1.807) is 36.7 Å². The van der Waals surface area contributed by atoms with Gasteiger partial charge in [0.05, 0.1) is 6.10 Å². The molecule has 2 unspecified atom stereocenters. The average molecular weight is 445 g/mol. The summed E-state index contributed by atoms with van der Waals surface area (Å²) in [5.74, 6) is -0.318. The van der Waals surface area contributed by atoms with Crippen molar-refractivity contribution in [2.45, 2.75) is 43.3 Å². The summed E-state index contributed by atoms with van der Waals surface area (Å²) < 4.78 is 42.8. The third kappa shape index (κ3) is 6.10. The van der Waals surface area contributed by atoms with Crippen LogP contribution in [0.3, 0.4) is 0 Å². The van der Waals surface area contributed by atoms with Gasteiger partial charge in [0.2, 0.25) is 10.0 Å². The van der Waals surface area contributed by atoms with Gasteiger partial charge in [-0.1, -0.05) is 31.2 Å². The number of aryl methyl sites for hydroxylation is 1. The number of nitrogens with zero attached hydrogens (tertiary/aromatic N) is 1. The first-order valence-corrected chi connectivity index (χ1v) is 11.5. The molecule has 3 rings (SSSR count). The van der Waals surface area contributed by atoms with Crippen molar-refractivity contribution in [3.05, 3.63) is 78.4 Å². The molecule has 3 N–H and O–H groups in total. The van der Waals surface area contributed by atoms with Crippen molar-refractivity contribution in [2.75, 3.05) is 0 Å². The van der Waals surface area contributed by atoms with Gasteiger partial charge in [0.25, 0.3) is 0 Å².